The fourth-order valence-electron chi connectivity index (χ4n) is 6.40. The molecule has 2 aliphatic heterocycles. The van der Waals surface area contributed by atoms with Gasteiger partial charge in [0, 0.05) is 66.7 Å². The van der Waals surface area contributed by atoms with E-state index in [0.717, 1.165) is 22.4 Å². The first kappa shape index (κ1) is 39.2. The number of fused-ring (bicyclic) bond motifs is 5. The highest BCUT2D eigenvalue weighted by atomic mass is 16.5. The normalized spacial score (nSPS) is 17.8. The monoisotopic (exact) mass is 688 g/mol. The molecule has 0 bridgehead atoms. The number of para-hydroxylation sites is 1. The number of nitrogens with one attached hydrogen (secondary N) is 2. The van der Waals surface area contributed by atoms with Crippen LogP contribution in [0.15, 0.2) is 58.9 Å². The quantitative estimate of drug-likeness (QED) is 0.211. The largest absolute Gasteiger partial charge is 0.375 e. The Labute approximate surface area is 299 Å². The number of rotatable bonds is 14. The average molecular weight is 689 g/mol. The van der Waals surface area contributed by atoms with Crippen LogP contribution in [0, 0.1) is 5.41 Å². The molecule has 50 heavy (non-hydrogen) atoms. The van der Waals surface area contributed by atoms with Crippen LogP contribution in [0.3, 0.4) is 0 Å². The molecule has 2 aromatic rings. The maximum atomic E-state index is 13.8. The Balaban J connectivity index is 1.40. The number of benzene rings is 2. The summed E-state index contributed by atoms with van der Waals surface area (Å²) in [4.78, 5) is 40.5. The topological polar surface area (TPSA) is 116 Å². The number of amides is 2. The number of ether oxygens (including phenoxy) is 1. The Kier molecular flexibility index (Phi) is 12.3. The summed E-state index contributed by atoms with van der Waals surface area (Å²) in [6.07, 6.45) is 2.18. The maximum Gasteiger partial charge on any atom is 0.228 e. The first-order valence-corrected chi connectivity index (χ1v) is 18.1. The lowest BCUT2D eigenvalue weighted by atomic mass is 9.87. The van der Waals surface area contributed by atoms with Gasteiger partial charge < -0.3 is 20.3 Å². The van der Waals surface area contributed by atoms with E-state index < -0.39 is 16.6 Å². The fourth-order valence-corrected chi connectivity index (χ4v) is 6.40. The minimum atomic E-state index is -0.470. The van der Waals surface area contributed by atoms with Crippen LogP contribution < -0.4 is 15.5 Å². The van der Waals surface area contributed by atoms with Crippen LogP contribution >= 0.6 is 0 Å². The lowest BCUT2D eigenvalue weighted by Gasteiger charge is -2.36. The van der Waals surface area contributed by atoms with Crippen molar-refractivity contribution < 1.29 is 19.1 Å². The predicted molar refractivity (Wildman–Crippen MR) is 199 cm³/mol. The second-order valence-electron chi connectivity index (χ2n) is 17.1. The Bertz CT molecular complexity index is 1540. The Morgan fingerprint density at radius 3 is 2.18 bits per heavy atom. The third-order valence-electron chi connectivity index (χ3n) is 9.51. The molecule has 0 aliphatic carbocycles. The second-order valence-corrected chi connectivity index (χ2v) is 17.1. The van der Waals surface area contributed by atoms with E-state index in [1.165, 1.54) is 0 Å². The van der Waals surface area contributed by atoms with Gasteiger partial charge in [0.05, 0.1) is 12.1 Å². The van der Waals surface area contributed by atoms with Gasteiger partial charge in [-0.1, -0.05) is 68.5 Å². The molecule has 274 valence electrons. The molecule has 2 amide bonds. The molecular formula is C40H60N6O4. The first-order valence-electron chi connectivity index (χ1n) is 18.1. The van der Waals surface area contributed by atoms with Crippen molar-refractivity contribution in [3.63, 3.8) is 0 Å². The average Bonchev–Trinajstić information content (AvgIpc) is 3.42. The van der Waals surface area contributed by atoms with E-state index in [1.807, 2.05) is 63.8 Å². The minimum Gasteiger partial charge on any atom is -0.375 e. The first-order chi connectivity index (χ1) is 23.3. The summed E-state index contributed by atoms with van der Waals surface area (Å²) in [6, 6.07) is 16.1. The van der Waals surface area contributed by atoms with Crippen molar-refractivity contribution in [2.45, 2.75) is 137 Å². The number of hydrogen-bond acceptors (Lipinski definition) is 8. The molecular weight excluding hydrogens is 628 g/mol. The number of ketones is 1. The van der Waals surface area contributed by atoms with Crippen LogP contribution in [0.25, 0.3) is 0 Å². The van der Waals surface area contributed by atoms with Gasteiger partial charge in [0.1, 0.15) is 17.9 Å². The van der Waals surface area contributed by atoms with Crippen molar-refractivity contribution in [1.82, 2.24) is 15.6 Å². The van der Waals surface area contributed by atoms with Gasteiger partial charge >= 0.3 is 0 Å². The maximum absolute atomic E-state index is 13.8. The number of carbonyl (C=O) groups excluding carboxylic acids is 3. The van der Waals surface area contributed by atoms with E-state index in [-0.39, 0.29) is 48.1 Å². The van der Waals surface area contributed by atoms with E-state index in [9.17, 15) is 14.4 Å². The van der Waals surface area contributed by atoms with Gasteiger partial charge in [0.25, 0.3) is 0 Å². The van der Waals surface area contributed by atoms with Crippen LogP contribution in [0.1, 0.15) is 130 Å². The van der Waals surface area contributed by atoms with E-state index in [0.29, 0.717) is 45.5 Å². The van der Waals surface area contributed by atoms with E-state index in [2.05, 4.69) is 74.5 Å². The van der Waals surface area contributed by atoms with E-state index in [1.54, 1.807) is 0 Å². The summed E-state index contributed by atoms with van der Waals surface area (Å²) in [5, 5.41) is 18.2. The van der Waals surface area contributed by atoms with Crippen molar-refractivity contribution in [2.24, 2.45) is 15.8 Å². The van der Waals surface area contributed by atoms with Crippen molar-refractivity contribution in [1.29, 1.82) is 0 Å². The van der Waals surface area contributed by atoms with Crippen molar-refractivity contribution >= 4 is 23.3 Å². The number of anilines is 1. The number of hydrogen-bond donors (Lipinski definition) is 2. The van der Waals surface area contributed by atoms with Gasteiger partial charge in [-0.05, 0) is 78.5 Å². The van der Waals surface area contributed by atoms with Gasteiger partial charge in [-0.2, -0.15) is 5.11 Å². The molecule has 0 aromatic heterocycles. The molecule has 4 rings (SSSR count). The van der Waals surface area contributed by atoms with Crippen LogP contribution in [-0.4, -0.2) is 59.0 Å². The number of nitrogens with zero attached hydrogens (tertiary/aromatic N) is 4. The lowest BCUT2D eigenvalue weighted by molar-refractivity contribution is -0.130. The van der Waals surface area contributed by atoms with Gasteiger partial charge in [-0.3, -0.25) is 19.4 Å². The Hall–Kier alpha value is -3.63. The van der Waals surface area contributed by atoms with Crippen LogP contribution in [0.4, 0.5) is 5.69 Å². The fraction of sp³-hybridized carbons (Fsp3) is 0.625. The van der Waals surface area contributed by atoms with E-state index in [4.69, 9.17) is 15.1 Å². The zero-order valence-corrected chi connectivity index (χ0v) is 32.1. The summed E-state index contributed by atoms with van der Waals surface area (Å²) in [6.45, 7) is 22.3. The zero-order chi connectivity index (χ0) is 36.9. The summed E-state index contributed by atoms with van der Waals surface area (Å²) in [5.41, 5.74) is 2.68. The van der Waals surface area contributed by atoms with Crippen LogP contribution in [0.2, 0.25) is 0 Å². The van der Waals surface area contributed by atoms with Crippen molar-refractivity contribution in [3.8, 4) is 0 Å². The zero-order valence-electron chi connectivity index (χ0n) is 32.1. The molecule has 2 atom stereocenters. The highest BCUT2D eigenvalue weighted by Crippen LogP contribution is 2.48. The molecule has 0 saturated carbocycles. The molecule has 2 aliphatic rings. The van der Waals surface area contributed by atoms with Crippen molar-refractivity contribution in [3.05, 3.63) is 65.2 Å². The summed E-state index contributed by atoms with van der Waals surface area (Å²) < 4.78 is 6.40. The molecule has 0 saturated heterocycles. The summed E-state index contributed by atoms with van der Waals surface area (Å²) >= 11 is 0. The Morgan fingerprint density at radius 1 is 0.840 bits per heavy atom. The minimum absolute atomic E-state index is 0.0645. The molecule has 10 nitrogen and oxygen atoms in total. The highest BCUT2D eigenvalue weighted by Gasteiger charge is 2.41. The third-order valence-corrected chi connectivity index (χ3v) is 9.51. The van der Waals surface area contributed by atoms with Crippen molar-refractivity contribution in [2.75, 3.05) is 24.6 Å². The molecule has 0 radical (unpaired) electrons. The van der Waals surface area contributed by atoms with E-state index >= 15 is 0 Å². The summed E-state index contributed by atoms with van der Waals surface area (Å²) in [7, 11) is 0. The SMILES string of the molecule is CC(C)(C)NCCC(=O)N1Cc2ccccc2C2C(N=NN2CCC(C)(C)OCCC(C)(C)NC(=O)CCC(=O)C(C)(C)C)c2ccccc21. The molecule has 2 N–H and O–H groups in total. The molecule has 2 heterocycles. The number of Topliss-reactive ketones (excluding diaryl/α,β-unsaturated/α-hetero) is 1. The standard InChI is InChI=1S/C40H60N6O4/c1-37(2,3)32(47)19-20-33(48)42-39(7,8)23-26-50-40(9,10)22-25-46-36-29-16-12-11-15-28(29)27-45(34(49)21-24-41-38(4,5)6)31-18-14-13-17-30(31)35(36)43-44-46/h11-18,35-36,41H,19-27H2,1-10H3,(H,42,48). The predicted octanol–water partition coefficient (Wildman–Crippen LogP) is 7.64. The molecule has 2 aromatic carbocycles. The third kappa shape index (κ3) is 10.7. The lowest BCUT2D eigenvalue weighted by Crippen LogP contribution is -2.45. The smallest absolute Gasteiger partial charge is 0.228 e. The van der Waals surface area contributed by atoms with Gasteiger partial charge in [-0.15, -0.1) is 0 Å². The van der Waals surface area contributed by atoms with Crippen LogP contribution in [0.5, 0.6) is 0 Å². The molecule has 2 unspecified atom stereocenters. The molecule has 0 fully saturated rings. The van der Waals surface area contributed by atoms with Crippen LogP contribution in [-0.2, 0) is 25.7 Å². The summed E-state index contributed by atoms with van der Waals surface area (Å²) in [5.74, 6) is 0.0434. The Morgan fingerprint density at radius 2 is 1.50 bits per heavy atom. The number of carbonyl (C=O) groups is 3. The molecule has 0 spiro atoms. The van der Waals surface area contributed by atoms with Gasteiger partial charge in [-0.25, -0.2) is 0 Å². The highest BCUT2D eigenvalue weighted by molar-refractivity contribution is 5.94. The van der Waals surface area contributed by atoms with Gasteiger partial charge in [0.2, 0.25) is 11.8 Å². The van der Waals surface area contributed by atoms with Gasteiger partial charge in [0.15, 0.2) is 0 Å². The second kappa shape index (κ2) is 15.7. The molecule has 10 heteroatoms.